The van der Waals surface area contributed by atoms with Gasteiger partial charge in [0, 0.05) is 40.0 Å². The van der Waals surface area contributed by atoms with Crippen LogP contribution in [-0.4, -0.2) is 42.7 Å². The molecule has 142 valence electrons. The second-order valence-corrected chi connectivity index (χ2v) is 6.21. The molecule has 1 aromatic carbocycles. The van der Waals surface area contributed by atoms with Gasteiger partial charge in [0.25, 0.3) is 5.91 Å². The number of aromatic nitrogens is 2. The molecule has 2 N–H and O–H groups in total. The van der Waals surface area contributed by atoms with E-state index in [1.807, 2.05) is 31.2 Å². The van der Waals surface area contributed by atoms with E-state index in [1.165, 1.54) is 0 Å². The van der Waals surface area contributed by atoms with Crippen LogP contribution in [0.25, 0.3) is 11.3 Å². The van der Waals surface area contributed by atoms with Crippen molar-refractivity contribution in [3.63, 3.8) is 0 Å². The van der Waals surface area contributed by atoms with Crippen LogP contribution in [0.15, 0.2) is 30.5 Å². The SMILES string of the molecule is CCCCNC(=O)c1cnc(NCCCOC)nc1-c1cccc(C)c1.[HH]. The number of aryl methyl sites for hydroxylation is 1. The van der Waals surface area contributed by atoms with Crippen molar-refractivity contribution in [1.29, 1.82) is 0 Å². The summed E-state index contributed by atoms with van der Waals surface area (Å²) < 4.78 is 5.05. The molecule has 6 heteroatoms. The first kappa shape index (κ1) is 19.8. The van der Waals surface area contributed by atoms with E-state index in [0.29, 0.717) is 36.9 Å². The zero-order valence-electron chi connectivity index (χ0n) is 15.8. The summed E-state index contributed by atoms with van der Waals surface area (Å²) in [5.74, 6) is 0.378. The Labute approximate surface area is 156 Å². The topological polar surface area (TPSA) is 76.1 Å². The monoisotopic (exact) mass is 358 g/mol. The van der Waals surface area contributed by atoms with Crippen LogP contribution in [0.2, 0.25) is 0 Å². The molecule has 1 amide bonds. The molecule has 0 saturated heterocycles. The Kier molecular flexibility index (Phi) is 8.02. The number of methoxy groups -OCH3 is 1. The molecule has 0 saturated carbocycles. The van der Waals surface area contributed by atoms with Gasteiger partial charge in [-0.15, -0.1) is 0 Å². The molecule has 2 aromatic rings. The smallest absolute Gasteiger partial charge is 0.255 e. The van der Waals surface area contributed by atoms with Gasteiger partial charge in [0.1, 0.15) is 0 Å². The first-order valence-electron chi connectivity index (χ1n) is 9.10. The lowest BCUT2D eigenvalue weighted by atomic mass is 10.0. The van der Waals surface area contributed by atoms with Crippen LogP contribution in [0.4, 0.5) is 5.95 Å². The lowest BCUT2D eigenvalue weighted by molar-refractivity contribution is 0.0953. The summed E-state index contributed by atoms with van der Waals surface area (Å²) in [5.41, 5.74) is 3.17. The van der Waals surface area contributed by atoms with Gasteiger partial charge in [-0.1, -0.05) is 37.1 Å². The first-order chi connectivity index (χ1) is 12.7. The Morgan fingerprint density at radius 3 is 2.85 bits per heavy atom. The molecule has 6 nitrogen and oxygen atoms in total. The van der Waals surface area contributed by atoms with Crippen molar-refractivity contribution in [1.82, 2.24) is 15.3 Å². The van der Waals surface area contributed by atoms with Gasteiger partial charge in [-0.25, -0.2) is 9.97 Å². The number of carbonyl (C=O) groups is 1. The Morgan fingerprint density at radius 1 is 1.27 bits per heavy atom. The highest BCUT2D eigenvalue weighted by molar-refractivity contribution is 5.99. The maximum atomic E-state index is 12.6. The Morgan fingerprint density at radius 2 is 2.12 bits per heavy atom. The molecular weight excluding hydrogens is 328 g/mol. The van der Waals surface area contributed by atoms with Crippen LogP contribution in [0, 0.1) is 6.92 Å². The fourth-order valence-corrected chi connectivity index (χ4v) is 2.54. The predicted octanol–water partition coefficient (Wildman–Crippen LogP) is 3.68. The van der Waals surface area contributed by atoms with E-state index in [1.54, 1.807) is 13.3 Å². The average molecular weight is 358 g/mol. The third-order valence-electron chi connectivity index (χ3n) is 3.95. The molecule has 26 heavy (non-hydrogen) atoms. The van der Waals surface area contributed by atoms with Crippen molar-refractivity contribution in [3.8, 4) is 11.3 Å². The molecule has 1 heterocycles. The molecule has 0 fully saturated rings. The maximum absolute atomic E-state index is 12.6. The van der Waals surface area contributed by atoms with Gasteiger partial charge < -0.3 is 15.4 Å². The van der Waals surface area contributed by atoms with Gasteiger partial charge >= 0.3 is 0 Å². The zero-order valence-corrected chi connectivity index (χ0v) is 15.8. The largest absolute Gasteiger partial charge is 0.385 e. The van der Waals surface area contributed by atoms with E-state index in [9.17, 15) is 4.79 Å². The van der Waals surface area contributed by atoms with Gasteiger partial charge in [0.2, 0.25) is 5.95 Å². The number of hydrogen-bond donors (Lipinski definition) is 2. The fraction of sp³-hybridized carbons (Fsp3) is 0.450. The van der Waals surface area contributed by atoms with Crippen LogP contribution in [0.5, 0.6) is 0 Å². The third-order valence-corrected chi connectivity index (χ3v) is 3.95. The second-order valence-electron chi connectivity index (χ2n) is 6.21. The average Bonchev–Trinajstić information content (AvgIpc) is 2.65. The van der Waals surface area contributed by atoms with Gasteiger partial charge in [0.15, 0.2) is 0 Å². The maximum Gasteiger partial charge on any atom is 0.255 e. The summed E-state index contributed by atoms with van der Waals surface area (Å²) in [7, 11) is 1.68. The summed E-state index contributed by atoms with van der Waals surface area (Å²) in [6, 6.07) is 7.99. The van der Waals surface area contributed by atoms with E-state index in [0.717, 1.165) is 30.4 Å². The van der Waals surface area contributed by atoms with Gasteiger partial charge in [-0.2, -0.15) is 0 Å². The van der Waals surface area contributed by atoms with Crippen LogP contribution < -0.4 is 10.6 Å². The molecule has 0 atom stereocenters. The Balaban J connectivity index is 0.00000364. The second kappa shape index (κ2) is 10.5. The van der Waals surface area contributed by atoms with Crippen LogP contribution in [0.3, 0.4) is 0 Å². The van der Waals surface area contributed by atoms with E-state index in [2.05, 4.69) is 27.5 Å². The highest BCUT2D eigenvalue weighted by Crippen LogP contribution is 2.23. The lowest BCUT2D eigenvalue weighted by Crippen LogP contribution is -2.25. The number of carbonyl (C=O) groups excluding carboxylic acids is 1. The van der Waals surface area contributed by atoms with Gasteiger partial charge in [0.05, 0.1) is 11.3 Å². The summed E-state index contributed by atoms with van der Waals surface area (Å²) in [6.07, 6.45) is 4.45. The number of rotatable bonds is 10. The standard InChI is InChI=1S/C20H28N4O2.H2/c1-4-5-10-21-19(25)17-14-23-20(22-11-7-12-26-3)24-18(17)16-9-6-8-15(2)13-16;/h6,8-9,13-14H,4-5,7,10-12H2,1-3H3,(H,21,25)(H,22,23,24);1H. The highest BCUT2D eigenvalue weighted by atomic mass is 16.5. The molecular formula is C20H30N4O2. The molecule has 1 aromatic heterocycles. The third kappa shape index (κ3) is 5.81. The number of benzene rings is 1. The van der Waals surface area contributed by atoms with Crippen molar-refractivity contribution in [2.75, 3.05) is 32.1 Å². The van der Waals surface area contributed by atoms with E-state index < -0.39 is 0 Å². The number of ether oxygens (including phenoxy) is 1. The first-order valence-corrected chi connectivity index (χ1v) is 9.10. The number of hydrogen-bond acceptors (Lipinski definition) is 5. The minimum atomic E-state index is -0.138. The summed E-state index contributed by atoms with van der Waals surface area (Å²) >= 11 is 0. The molecule has 0 spiro atoms. The van der Waals surface area contributed by atoms with Crippen molar-refractivity contribution < 1.29 is 11.0 Å². The number of anilines is 1. The number of amides is 1. The van der Waals surface area contributed by atoms with Gasteiger partial charge in [-0.05, 0) is 25.8 Å². The number of nitrogens with one attached hydrogen (secondary N) is 2. The predicted molar refractivity (Wildman–Crippen MR) is 107 cm³/mol. The quantitative estimate of drug-likeness (QED) is 0.634. The lowest BCUT2D eigenvalue weighted by Gasteiger charge is -2.12. The molecule has 0 aliphatic heterocycles. The van der Waals surface area contributed by atoms with Gasteiger partial charge in [-0.3, -0.25) is 4.79 Å². The molecule has 0 aliphatic carbocycles. The van der Waals surface area contributed by atoms with Crippen LogP contribution >= 0.6 is 0 Å². The van der Waals surface area contributed by atoms with Crippen molar-refractivity contribution in [3.05, 3.63) is 41.6 Å². The van der Waals surface area contributed by atoms with Crippen molar-refractivity contribution >= 4 is 11.9 Å². The summed E-state index contributed by atoms with van der Waals surface area (Å²) in [4.78, 5) is 21.5. The Bertz CT molecular complexity index is 725. The van der Waals surface area contributed by atoms with Crippen LogP contribution in [-0.2, 0) is 4.74 Å². The molecule has 0 unspecified atom stereocenters. The minimum absolute atomic E-state index is 0. The molecule has 0 radical (unpaired) electrons. The van der Waals surface area contributed by atoms with E-state index >= 15 is 0 Å². The molecule has 2 rings (SSSR count). The number of nitrogens with zero attached hydrogens (tertiary/aromatic N) is 2. The van der Waals surface area contributed by atoms with Crippen LogP contribution in [0.1, 0.15) is 43.5 Å². The summed E-state index contributed by atoms with van der Waals surface area (Å²) in [6.45, 7) is 6.16. The summed E-state index contributed by atoms with van der Waals surface area (Å²) in [5, 5.41) is 6.14. The molecule has 0 bridgehead atoms. The molecule has 0 aliphatic rings. The zero-order chi connectivity index (χ0) is 18.8. The normalized spacial score (nSPS) is 10.6. The Hall–Kier alpha value is -2.47. The fourth-order valence-electron chi connectivity index (χ4n) is 2.54. The van der Waals surface area contributed by atoms with E-state index in [4.69, 9.17) is 4.74 Å². The minimum Gasteiger partial charge on any atom is -0.385 e. The van der Waals surface area contributed by atoms with Crippen molar-refractivity contribution in [2.45, 2.75) is 33.1 Å². The van der Waals surface area contributed by atoms with E-state index in [-0.39, 0.29) is 7.33 Å². The number of unbranched alkanes of at least 4 members (excludes halogenated alkanes) is 1. The van der Waals surface area contributed by atoms with Crippen molar-refractivity contribution in [2.24, 2.45) is 0 Å². The highest BCUT2D eigenvalue weighted by Gasteiger charge is 2.16.